The van der Waals surface area contributed by atoms with Crippen LogP contribution in [0.15, 0.2) is 83.8 Å². The molecule has 0 amide bonds. The predicted molar refractivity (Wildman–Crippen MR) is 125 cm³/mol. The largest absolute Gasteiger partial charge is 0.416 e. The number of aryl methyl sites for hydroxylation is 1. The van der Waals surface area contributed by atoms with Crippen molar-refractivity contribution >= 4 is 27.2 Å². The molecule has 0 saturated heterocycles. The van der Waals surface area contributed by atoms with Crippen molar-refractivity contribution in [3.8, 4) is 0 Å². The van der Waals surface area contributed by atoms with Crippen LogP contribution in [0.4, 0.5) is 18.9 Å². The quantitative estimate of drug-likeness (QED) is 0.425. The Kier molecular flexibility index (Phi) is 6.12. The molecule has 34 heavy (non-hydrogen) atoms. The highest BCUT2D eigenvalue weighted by atomic mass is 32.2. The van der Waals surface area contributed by atoms with Crippen molar-refractivity contribution in [3.05, 3.63) is 101 Å². The number of nitrogens with zero attached hydrogens (tertiary/aromatic N) is 1. The van der Waals surface area contributed by atoms with Gasteiger partial charge in [0, 0.05) is 12.3 Å². The highest BCUT2D eigenvalue weighted by molar-refractivity contribution is 7.93. The molecule has 1 aliphatic rings. The first-order valence-electron chi connectivity index (χ1n) is 10.6. The Balaban J connectivity index is 1.93. The van der Waals surface area contributed by atoms with E-state index in [4.69, 9.17) is 0 Å². The van der Waals surface area contributed by atoms with Gasteiger partial charge in [0.25, 0.3) is 10.0 Å². The Hall–Kier alpha value is -3.39. The molecule has 0 unspecified atom stereocenters. The maximum atomic E-state index is 13.8. The number of Topliss-reactive ketones (excluding diaryl/α,β-unsaturated/α-hetero) is 1. The van der Waals surface area contributed by atoms with E-state index in [0.29, 0.717) is 16.8 Å². The monoisotopic (exact) mass is 485 g/mol. The van der Waals surface area contributed by atoms with Gasteiger partial charge in [0.15, 0.2) is 0 Å². The summed E-state index contributed by atoms with van der Waals surface area (Å²) in [5, 5.41) is 0. The van der Waals surface area contributed by atoms with Crippen molar-refractivity contribution < 1.29 is 26.4 Å². The summed E-state index contributed by atoms with van der Waals surface area (Å²) in [7, 11) is -4.12. The molecule has 4 nitrogen and oxygen atoms in total. The fraction of sp³-hybridized carbons (Fsp3) is 0.192. The van der Waals surface area contributed by atoms with Crippen molar-refractivity contribution in [1.29, 1.82) is 0 Å². The number of ketones is 1. The van der Waals surface area contributed by atoms with Crippen molar-refractivity contribution in [1.82, 2.24) is 0 Å². The maximum Gasteiger partial charge on any atom is 0.416 e. The number of fused-ring (bicyclic) bond motifs is 1. The first-order chi connectivity index (χ1) is 16.0. The van der Waals surface area contributed by atoms with Gasteiger partial charge in [0.05, 0.1) is 21.8 Å². The van der Waals surface area contributed by atoms with E-state index in [1.807, 2.05) is 6.92 Å². The van der Waals surface area contributed by atoms with E-state index in [0.717, 1.165) is 22.0 Å². The SMILES string of the molecule is CC(=O)C[C@@H]1C=C(c2ccc(C(F)(F)F)cc2)N(S(=O)(=O)c2ccc(C)cc2)c2ccccc21. The number of sulfonamides is 1. The lowest BCUT2D eigenvalue weighted by Crippen LogP contribution is -2.33. The van der Waals surface area contributed by atoms with Crippen LogP contribution >= 0.6 is 0 Å². The Morgan fingerprint density at radius 2 is 1.56 bits per heavy atom. The van der Waals surface area contributed by atoms with E-state index in [1.54, 1.807) is 42.5 Å². The summed E-state index contributed by atoms with van der Waals surface area (Å²) in [6, 6.07) is 17.6. The second kappa shape index (κ2) is 8.76. The smallest absolute Gasteiger partial charge is 0.300 e. The molecule has 1 aliphatic heterocycles. The summed E-state index contributed by atoms with van der Waals surface area (Å²) in [5.41, 5.74) is 1.58. The summed E-state index contributed by atoms with van der Waals surface area (Å²) >= 11 is 0. The summed E-state index contributed by atoms with van der Waals surface area (Å²) in [6.07, 6.45) is -2.73. The number of anilines is 1. The fourth-order valence-electron chi connectivity index (χ4n) is 4.06. The first kappa shape index (κ1) is 23.8. The average Bonchev–Trinajstić information content (AvgIpc) is 2.78. The third-order valence-corrected chi connectivity index (χ3v) is 7.45. The highest BCUT2D eigenvalue weighted by Gasteiger charge is 2.36. The highest BCUT2D eigenvalue weighted by Crippen LogP contribution is 2.45. The maximum absolute atomic E-state index is 13.8. The third kappa shape index (κ3) is 4.50. The van der Waals surface area contributed by atoms with E-state index in [9.17, 15) is 26.4 Å². The third-order valence-electron chi connectivity index (χ3n) is 5.71. The second-order valence-corrected chi connectivity index (χ2v) is 10.1. The lowest BCUT2D eigenvalue weighted by atomic mass is 9.88. The van der Waals surface area contributed by atoms with Gasteiger partial charge in [-0.3, -0.25) is 4.79 Å². The lowest BCUT2D eigenvalue weighted by Gasteiger charge is -2.35. The molecular formula is C26H22F3NO3S. The number of hydrogen-bond acceptors (Lipinski definition) is 3. The van der Waals surface area contributed by atoms with Gasteiger partial charge in [-0.1, -0.05) is 54.1 Å². The van der Waals surface area contributed by atoms with Crippen LogP contribution in [0.3, 0.4) is 0 Å². The fourth-order valence-corrected chi connectivity index (χ4v) is 5.60. The van der Waals surface area contributed by atoms with Gasteiger partial charge < -0.3 is 0 Å². The van der Waals surface area contributed by atoms with Crippen molar-refractivity contribution in [3.63, 3.8) is 0 Å². The zero-order valence-electron chi connectivity index (χ0n) is 18.5. The Labute approximate surface area is 196 Å². The molecule has 0 fully saturated rings. The van der Waals surface area contributed by atoms with Crippen LogP contribution in [0.2, 0.25) is 0 Å². The van der Waals surface area contributed by atoms with Crippen LogP contribution in [-0.2, 0) is 21.0 Å². The number of allylic oxidation sites excluding steroid dienone is 1. The van der Waals surface area contributed by atoms with Crippen LogP contribution in [0.25, 0.3) is 5.70 Å². The Bertz CT molecular complexity index is 1360. The summed E-state index contributed by atoms with van der Waals surface area (Å²) in [4.78, 5) is 12.0. The molecule has 0 aromatic heterocycles. The summed E-state index contributed by atoms with van der Waals surface area (Å²) in [5.74, 6) is -0.506. The zero-order chi connectivity index (χ0) is 24.7. The zero-order valence-corrected chi connectivity index (χ0v) is 19.3. The first-order valence-corrected chi connectivity index (χ1v) is 12.0. The molecule has 4 rings (SSSR count). The summed E-state index contributed by atoms with van der Waals surface area (Å²) < 4.78 is 68.2. The molecule has 1 heterocycles. The Morgan fingerprint density at radius 3 is 2.15 bits per heavy atom. The molecular weight excluding hydrogens is 463 g/mol. The van der Waals surface area contributed by atoms with E-state index in [1.165, 1.54) is 31.2 Å². The number of rotatable bonds is 5. The number of halogens is 3. The second-order valence-electron chi connectivity index (χ2n) is 8.28. The molecule has 0 saturated carbocycles. The molecule has 0 bridgehead atoms. The number of para-hydroxylation sites is 1. The standard InChI is InChI=1S/C26H22F3NO3S/c1-17-7-13-22(14-8-17)34(32,33)30-24-6-4-3-5-23(24)20(15-18(2)31)16-25(30)19-9-11-21(12-10-19)26(27,28)29/h3-14,16,20H,15H2,1-2H3/t20-/m1/s1. The summed E-state index contributed by atoms with van der Waals surface area (Å²) in [6.45, 7) is 3.29. The van der Waals surface area contributed by atoms with Gasteiger partial charge in [-0.05, 0) is 55.3 Å². The van der Waals surface area contributed by atoms with Crippen molar-refractivity contribution in [2.75, 3.05) is 4.31 Å². The minimum absolute atomic E-state index is 0.0516. The van der Waals surface area contributed by atoms with Gasteiger partial charge in [0.2, 0.25) is 0 Å². The number of hydrogen-bond donors (Lipinski definition) is 0. The molecule has 0 radical (unpaired) electrons. The van der Waals surface area contributed by atoms with Crippen LogP contribution in [-0.4, -0.2) is 14.2 Å². The molecule has 0 N–H and O–H groups in total. The average molecular weight is 486 g/mol. The van der Waals surface area contributed by atoms with Gasteiger partial charge in [-0.15, -0.1) is 0 Å². The number of benzene rings is 3. The topological polar surface area (TPSA) is 54.5 Å². The molecule has 1 atom stereocenters. The van der Waals surface area contributed by atoms with Crippen LogP contribution in [0, 0.1) is 6.92 Å². The molecule has 8 heteroatoms. The predicted octanol–water partition coefficient (Wildman–Crippen LogP) is 6.33. The van der Waals surface area contributed by atoms with Crippen LogP contribution in [0.1, 0.15) is 41.5 Å². The van der Waals surface area contributed by atoms with E-state index < -0.39 is 27.7 Å². The molecule has 3 aromatic rings. The van der Waals surface area contributed by atoms with Gasteiger partial charge in [-0.2, -0.15) is 13.2 Å². The van der Waals surface area contributed by atoms with Gasteiger partial charge in [-0.25, -0.2) is 12.7 Å². The van der Waals surface area contributed by atoms with Crippen LogP contribution < -0.4 is 4.31 Å². The van der Waals surface area contributed by atoms with E-state index in [2.05, 4.69) is 0 Å². The number of carbonyl (C=O) groups is 1. The lowest BCUT2D eigenvalue weighted by molar-refractivity contribution is -0.137. The normalized spacial score (nSPS) is 16.1. The molecule has 176 valence electrons. The number of carbonyl (C=O) groups excluding carboxylic acids is 1. The van der Waals surface area contributed by atoms with Crippen LogP contribution in [0.5, 0.6) is 0 Å². The van der Waals surface area contributed by atoms with Gasteiger partial charge >= 0.3 is 6.18 Å². The van der Waals surface area contributed by atoms with Crippen molar-refractivity contribution in [2.24, 2.45) is 0 Å². The van der Waals surface area contributed by atoms with E-state index >= 15 is 0 Å². The molecule has 0 spiro atoms. The Morgan fingerprint density at radius 1 is 0.941 bits per heavy atom. The molecule has 3 aromatic carbocycles. The number of alkyl halides is 3. The minimum Gasteiger partial charge on any atom is -0.300 e. The van der Waals surface area contributed by atoms with Crippen molar-refractivity contribution in [2.45, 2.75) is 37.3 Å². The minimum atomic E-state index is -4.52. The molecule has 0 aliphatic carbocycles. The van der Waals surface area contributed by atoms with Gasteiger partial charge in [0.1, 0.15) is 5.78 Å². The van der Waals surface area contributed by atoms with E-state index in [-0.39, 0.29) is 22.8 Å².